The Hall–Kier alpha value is -3.29. The van der Waals surface area contributed by atoms with Gasteiger partial charge in [0.05, 0.1) is 6.54 Å². The summed E-state index contributed by atoms with van der Waals surface area (Å²) in [6, 6.07) is 14.5. The molecule has 2 aromatic heterocycles. The van der Waals surface area contributed by atoms with Gasteiger partial charge in [-0.25, -0.2) is 9.67 Å². The second kappa shape index (κ2) is 9.46. The molecule has 0 bridgehead atoms. The minimum absolute atomic E-state index is 0.140. The molecule has 0 aliphatic rings. The van der Waals surface area contributed by atoms with Crippen LogP contribution in [0.1, 0.15) is 33.0 Å². The number of ether oxygens (including phenoxy) is 1. The molecule has 164 valence electrons. The Labute approximate surface area is 194 Å². The Balaban J connectivity index is 1.35. The Kier molecular flexibility index (Phi) is 6.48. The summed E-state index contributed by atoms with van der Waals surface area (Å²) in [7, 11) is 0. The van der Waals surface area contributed by atoms with Crippen LogP contribution in [0.15, 0.2) is 59.3 Å². The molecule has 0 saturated carbocycles. The van der Waals surface area contributed by atoms with E-state index in [0.717, 1.165) is 22.4 Å². The number of anilines is 1. The number of carbonyl (C=O) groups is 1. The van der Waals surface area contributed by atoms with E-state index in [2.05, 4.69) is 15.4 Å². The van der Waals surface area contributed by atoms with Gasteiger partial charge in [-0.1, -0.05) is 41.4 Å². The van der Waals surface area contributed by atoms with E-state index in [1.165, 1.54) is 6.33 Å². The zero-order chi connectivity index (χ0) is 22.7. The summed E-state index contributed by atoms with van der Waals surface area (Å²) in [5.41, 5.74) is 2.97. The summed E-state index contributed by atoms with van der Waals surface area (Å²) in [5.74, 6) is 1.16. The van der Waals surface area contributed by atoms with E-state index in [9.17, 15) is 4.79 Å². The Morgan fingerprint density at radius 1 is 1.12 bits per heavy atom. The van der Waals surface area contributed by atoms with Crippen LogP contribution in [-0.4, -0.2) is 20.7 Å². The summed E-state index contributed by atoms with van der Waals surface area (Å²) < 4.78 is 13.0. The molecule has 2 heterocycles. The topological polar surface area (TPSA) is 82.2 Å². The van der Waals surface area contributed by atoms with Crippen molar-refractivity contribution in [3.8, 4) is 5.75 Å². The molecule has 2 aromatic carbocycles. The smallest absolute Gasteiger partial charge is 0.293 e. The average molecular weight is 471 g/mol. The predicted molar refractivity (Wildman–Crippen MR) is 122 cm³/mol. The maximum atomic E-state index is 12.5. The van der Waals surface area contributed by atoms with Gasteiger partial charge in [0.1, 0.15) is 24.4 Å². The highest BCUT2D eigenvalue weighted by Crippen LogP contribution is 2.22. The van der Waals surface area contributed by atoms with Crippen LogP contribution in [0.3, 0.4) is 0 Å². The summed E-state index contributed by atoms with van der Waals surface area (Å²) in [5, 5.41) is 7.96. The number of hydrogen-bond acceptors (Lipinski definition) is 5. The van der Waals surface area contributed by atoms with Crippen LogP contribution in [0.5, 0.6) is 5.75 Å². The second-order valence-electron chi connectivity index (χ2n) is 7.28. The number of aromatic nitrogens is 3. The minimum Gasteiger partial charge on any atom is -0.485 e. The number of carbonyl (C=O) groups excluding carboxylic acids is 1. The fourth-order valence-corrected chi connectivity index (χ4v) is 3.47. The van der Waals surface area contributed by atoms with Crippen molar-refractivity contribution in [3.63, 3.8) is 0 Å². The Bertz CT molecular complexity index is 1270. The number of nitrogens with zero attached hydrogens (tertiary/aromatic N) is 3. The normalized spacial score (nSPS) is 10.9. The number of amides is 1. The SMILES string of the molecule is Cc1ccc(C)c(OCc2ccc(C(=O)Nc3ncn(Cc4ccc(Cl)cc4Cl)n3)o2)c1. The van der Waals surface area contributed by atoms with Crippen LogP contribution < -0.4 is 10.1 Å². The van der Waals surface area contributed by atoms with Crippen molar-refractivity contribution >= 4 is 35.1 Å². The Morgan fingerprint density at radius 2 is 1.97 bits per heavy atom. The third kappa shape index (κ3) is 5.30. The van der Waals surface area contributed by atoms with Gasteiger partial charge in [-0.05, 0) is 60.9 Å². The fourth-order valence-electron chi connectivity index (χ4n) is 3.00. The van der Waals surface area contributed by atoms with Gasteiger partial charge in [0.2, 0.25) is 5.95 Å². The van der Waals surface area contributed by atoms with Gasteiger partial charge in [-0.3, -0.25) is 10.1 Å². The van der Waals surface area contributed by atoms with Crippen LogP contribution in [0.25, 0.3) is 0 Å². The molecule has 0 spiro atoms. The molecule has 0 unspecified atom stereocenters. The molecule has 0 aliphatic heterocycles. The molecule has 7 nitrogen and oxygen atoms in total. The van der Waals surface area contributed by atoms with Crippen molar-refractivity contribution in [1.82, 2.24) is 14.8 Å². The maximum Gasteiger partial charge on any atom is 0.293 e. The van der Waals surface area contributed by atoms with Gasteiger partial charge in [0.25, 0.3) is 5.91 Å². The van der Waals surface area contributed by atoms with Crippen LogP contribution >= 0.6 is 23.2 Å². The lowest BCUT2D eigenvalue weighted by molar-refractivity contribution is 0.0991. The largest absolute Gasteiger partial charge is 0.485 e. The fraction of sp³-hybridized carbons (Fsp3) is 0.174. The summed E-state index contributed by atoms with van der Waals surface area (Å²) in [6.07, 6.45) is 1.51. The molecule has 0 radical (unpaired) electrons. The molecule has 32 heavy (non-hydrogen) atoms. The maximum absolute atomic E-state index is 12.5. The van der Waals surface area contributed by atoms with Crippen LogP contribution in [0, 0.1) is 13.8 Å². The van der Waals surface area contributed by atoms with Crippen molar-refractivity contribution in [3.05, 3.63) is 93.1 Å². The molecule has 1 N–H and O–H groups in total. The number of nitrogens with one attached hydrogen (secondary N) is 1. The van der Waals surface area contributed by atoms with Crippen molar-refractivity contribution in [2.24, 2.45) is 0 Å². The molecule has 4 aromatic rings. The van der Waals surface area contributed by atoms with Gasteiger partial charge in [-0.15, -0.1) is 5.10 Å². The molecule has 4 rings (SSSR count). The zero-order valence-corrected chi connectivity index (χ0v) is 18.9. The number of benzene rings is 2. The first kappa shape index (κ1) is 21.9. The summed E-state index contributed by atoms with van der Waals surface area (Å²) >= 11 is 12.1. The van der Waals surface area contributed by atoms with E-state index in [1.807, 2.05) is 38.1 Å². The average Bonchev–Trinajstić information content (AvgIpc) is 3.40. The van der Waals surface area contributed by atoms with Crippen LogP contribution in [0.2, 0.25) is 10.0 Å². The highest BCUT2D eigenvalue weighted by atomic mass is 35.5. The first-order valence-corrected chi connectivity index (χ1v) is 10.6. The van der Waals surface area contributed by atoms with Gasteiger partial charge in [0.15, 0.2) is 5.76 Å². The van der Waals surface area contributed by atoms with Crippen molar-refractivity contribution in [1.29, 1.82) is 0 Å². The molecule has 0 fully saturated rings. The first-order valence-electron chi connectivity index (χ1n) is 9.81. The third-order valence-corrected chi connectivity index (χ3v) is 5.30. The number of rotatable bonds is 7. The molecular weight excluding hydrogens is 451 g/mol. The Morgan fingerprint density at radius 3 is 2.78 bits per heavy atom. The van der Waals surface area contributed by atoms with E-state index in [4.69, 9.17) is 32.4 Å². The monoisotopic (exact) mass is 470 g/mol. The second-order valence-corrected chi connectivity index (χ2v) is 8.12. The number of aryl methyl sites for hydroxylation is 2. The van der Waals surface area contributed by atoms with Gasteiger partial charge in [0, 0.05) is 10.0 Å². The lowest BCUT2D eigenvalue weighted by atomic mass is 10.1. The van der Waals surface area contributed by atoms with E-state index < -0.39 is 5.91 Å². The molecule has 9 heteroatoms. The molecular formula is C23H20Cl2N4O3. The van der Waals surface area contributed by atoms with E-state index in [1.54, 1.807) is 28.9 Å². The predicted octanol–water partition coefficient (Wildman–Crippen LogP) is 5.67. The third-order valence-electron chi connectivity index (χ3n) is 4.71. The lowest BCUT2D eigenvalue weighted by Crippen LogP contribution is -2.12. The quantitative estimate of drug-likeness (QED) is 0.375. The van der Waals surface area contributed by atoms with Crippen molar-refractivity contribution in [2.45, 2.75) is 27.0 Å². The standard InChI is InChI=1S/C23H20Cl2N4O3/c1-14-3-4-15(2)21(9-14)31-12-18-7-8-20(32-18)22(30)27-23-26-13-29(28-23)11-16-5-6-17(24)10-19(16)25/h3-10,13H,11-12H2,1-2H3,(H,27,28,30). The van der Waals surface area contributed by atoms with Crippen LogP contribution in [0.4, 0.5) is 5.95 Å². The van der Waals surface area contributed by atoms with Crippen molar-refractivity contribution < 1.29 is 13.9 Å². The summed E-state index contributed by atoms with van der Waals surface area (Å²) in [6.45, 7) is 4.58. The van der Waals surface area contributed by atoms with Crippen LogP contribution in [-0.2, 0) is 13.2 Å². The molecule has 0 atom stereocenters. The van der Waals surface area contributed by atoms with E-state index in [0.29, 0.717) is 22.4 Å². The molecule has 0 aliphatic carbocycles. The van der Waals surface area contributed by atoms with Crippen molar-refractivity contribution in [2.75, 3.05) is 5.32 Å². The van der Waals surface area contributed by atoms with E-state index in [-0.39, 0.29) is 18.3 Å². The highest BCUT2D eigenvalue weighted by Gasteiger charge is 2.15. The minimum atomic E-state index is -0.453. The highest BCUT2D eigenvalue weighted by molar-refractivity contribution is 6.35. The first-order chi connectivity index (χ1) is 15.4. The molecule has 0 saturated heterocycles. The number of halogens is 2. The van der Waals surface area contributed by atoms with Gasteiger partial charge in [-0.2, -0.15) is 0 Å². The van der Waals surface area contributed by atoms with Gasteiger partial charge < -0.3 is 9.15 Å². The summed E-state index contributed by atoms with van der Waals surface area (Å²) in [4.78, 5) is 16.6. The van der Waals surface area contributed by atoms with Gasteiger partial charge >= 0.3 is 0 Å². The number of hydrogen-bond donors (Lipinski definition) is 1. The van der Waals surface area contributed by atoms with E-state index >= 15 is 0 Å². The molecule has 1 amide bonds. The zero-order valence-electron chi connectivity index (χ0n) is 17.4. The lowest BCUT2D eigenvalue weighted by Gasteiger charge is -2.08. The number of furan rings is 1.